The molecule has 2 nitrogen and oxygen atoms in total. The average molecular weight is 298 g/mol. The number of alkyl halides is 3. The lowest BCUT2D eigenvalue weighted by atomic mass is 9.97. The molecule has 1 rings (SSSR count). The summed E-state index contributed by atoms with van der Waals surface area (Å²) < 4.78 is 38.2. The summed E-state index contributed by atoms with van der Waals surface area (Å²) in [5, 5.41) is 9.62. The van der Waals surface area contributed by atoms with E-state index in [1.54, 1.807) is 6.92 Å². The van der Waals surface area contributed by atoms with E-state index >= 15 is 0 Å². The van der Waals surface area contributed by atoms with Gasteiger partial charge in [-0.15, -0.1) is 0 Å². The highest BCUT2D eigenvalue weighted by atomic mass is 79.9. The van der Waals surface area contributed by atoms with Crippen molar-refractivity contribution in [3.05, 3.63) is 27.7 Å². The van der Waals surface area contributed by atoms with Crippen molar-refractivity contribution in [1.82, 2.24) is 0 Å². The van der Waals surface area contributed by atoms with E-state index in [2.05, 4.69) is 15.9 Å². The molecule has 0 saturated carbocycles. The molecule has 0 unspecified atom stereocenters. The molecule has 0 aliphatic heterocycles. The zero-order chi connectivity index (χ0) is 12.5. The first-order valence-corrected chi connectivity index (χ1v) is 5.42. The molecule has 0 aliphatic rings. The van der Waals surface area contributed by atoms with Crippen molar-refractivity contribution < 1.29 is 18.3 Å². The summed E-state index contributed by atoms with van der Waals surface area (Å²) in [4.78, 5) is 0. The van der Waals surface area contributed by atoms with Gasteiger partial charge in [-0.25, -0.2) is 0 Å². The van der Waals surface area contributed by atoms with Gasteiger partial charge < -0.3 is 10.8 Å². The average Bonchev–Trinajstić information content (AvgIpc) is 2.19. The molecule has 1 aromatic carbocycles. The lowest BCUT2D eigenvalue weighted by Crippen LogP contribution is -2.17. The number of hydrogen-bond acceptors (Lipinski definition) is 2. The van der Waals surface area contributed by atoms with Gasteiger partial charge in [0.1, 0.15) is 5.75 Å². The highest BCUT2D eigenvalue weighted by Gasteiger charge is 2.36. The van der Waals surface area contributed by atoms with E-state index in [4.69, 9.17) is 5.73 Å². The quantitative estimate of drug-likeness (QED) is 0.876. The third-order valence-electron chi connectivity index (χ3n) is 2.28. The van der Waals surface area contributed by atoms with Gasteiger partial charge in [-0.2, -0.15) is 13.2 Å². The van der Waals surface area contributed by atoms with Crippen LogP contribution in [0.15, 0.2) is 16.6 Å². The van der Waals surface area contributed by atoms with E-state index in [1.807, 2.05) is 0 Å². The van der Waals surface area contributed by atoms with Crippen LogP contribution in [0.25, 0.3) is 0 Å². The summed E-state index contributed by atoms with van der Waals surface area (Å²) in [6, 6.07) is 1.23. The molecule has 0 bridgehead atoms. The second-order valence-corrected chi connectivity index (χ2v) is 4.22. The first-order valence-electron chi connectivity index (χ1n) is 4.63. The fourth-order valence-electron chi connectivity index (χ4n) is 1.41. The maximum absolute atomic E-state index is 12.7. The van der Waals surface area contributed by atoms with Gasteiger partial charge in [-0.1, -0.05) is 6.92 Å². The number of nitrogens with two attached hydrogens (primary N) is 1. The van der Waals surface area contributed by atoms with Gasteiger partial charge >= 0.3 is 6.18 Å². The maximum Gasteiger partial charge on any atom is 0.416 e. The van der Waals surface area contributed by atoms with Crippen LogP contribution < -0.4 is 5.73 Å². The van der Waals surface area contributed by atoms with Crippen LogP contribution in [0.3, 0.4) is 0 Å². The molecule has 0 aromatic heterocycles. The molecule has 0 radical (unpaired) electrons. The molecule has 0 spiro atoms. The lowest BCUT2D eigenvalue weighted by molar-refractivity contribution is -0.138. The summed E-state index contributed by atoms with van der Waals surface area (Å²) in [5.74, 6) is -0.441. The molecule has 3 N–H and O–H groups in total. The van der Waals surface area contributed by atoms with Gasteiger partial charge in [0.05, 0.1) is 10.0 Å². The van der Waals surface area contributed by atoms with Gasteiger partial charge in [-0.3, -0.25) is 0 Å². The summed E-state index contributed by atoms with van der Waals surface area (Å²) in [7, 11) is 0. The minimum atomic E-state index is -4.51. The Bertz CT molecular complexity index is 392. The normalized spacial score (nSPS) is 13.9. The number of hydrogen-bond donors (Lipinski definition) is 2. The molecule has 0 saturated heterocycles. The van der Waals surface area contributed by atoms with E-state index in [0.29, 0.717) is 6.42 Å². The smallest absolute Gasteiger partial charge is 0.416 e. The van der Waals surface area contributed by atoms with E-state index < -0.39 is 23.5 Å². The summed E-state index contributed by atoms with van der Waals surface area (Å²) in [5.41, 5.74) is 4.43. The Morgan fingerprint density at radius 3 is 2.44 bits per heavy atom. The summed E-state index contributed by atoms with van der Waals surface area (Å²) in [6.45, 7) is 1.66. The van der Waals surface area contributed by atoms with Gasteiger partial charge in [0.15, 0.2) is 0 Å². The molecule has 0 amide bonds. The number of benzene rings is 1. The predicted octanol–water partition coefficient (Wildman–Crippen LogP) is 3.58. The van der Waals surface area contributed by atoms with Crippen molar-refractivity contribution in [2.24, 2.45) is 5.73 Å². The minimum Gasteiger partial charge on any atom is -0.506 e. The molecule has 0 aliphatic carbocycles. The van der Waals surface area contributed by atoms with Gasteiger partial charge in [0.25, 0.3) is 0 Å². The van der Waals surface area contributed by atoms with Crippen molar-refractivity contribution in [3.63, 3.8) is 0 Å². The molecule has 90 valence electrons. The molecule has 6 heteroatoms. The van der Waals surface area contributed by atoms with Crippen LogP contribution in [-0.2, 0) is 6.18 Å². The summed E-state index contributed by atoms with van der Waals surface area (Å²) >= 11 is 2.97. The van der Waals surface area contributed by atoms with Crippen LogP contribution in [0, 0.1) is 0 Å². The van der Waals surface area contributed by atoms with E-state index in [1.165, 1.54) is 0 Å². The fourth-order valence-corrected chi connectivity index (χ4v) is 1.75. The Labute approximate surface area is 99.4 Å². The first kappa shape index (κ1) is 13.3. The van der Waals surface area contributed by atoms with Crippen molar-refractivity contribution in [1.29, 1.82) is 0 Å². The third-order valence-corrected chi connectivity index (χ3v) is 2.92. The Balaban J connectivity index is 3.45. The molecule has 16 heavy (non-hydrogen) atoms. The highest BCUT2D eigenvalue weighted by molar-refractivity contribution is 9.10. The Morgan fingerprint density at radius 2 is 2.00 bits per heavy atom. The molecule has 1 aromatic rings. The van der Waals surface area contributed by atoms with E-state index in [9.17, 15) is 18.3 Å². The minimum absolute atomic E-state index is 0.208. The molecule has 0 heterocycles. The van der Waals surface area contributed by atoms with Gasteiger partial charge in [-0.05, 0) is 34.5 Å². The van der Waals surface area contributed by atoms with Crippen LogP contribution in [0.4, 0.5) is 13.2 Å². The van der Waals surface area contributed by atoms with Crippen LogP contribution in [0.2, 0.25) is 0 Å². The van der Waals surface area contributed by atoms with Crippen LogP contribution in [0.5, 0.6) is 5.75 Å². The Kier molecular flexibility index (Phi) is 3.85. The third kappa shape index (κ3) is 2.49. The van der Waals surface area contributed by atoms with Crippen molar-refractivity contribution in [3.8, 4) is 5.75 Å². The Morgan fingerprint density at radius 1 is 1.44 bits per heavy atom. The van der Waals surface area contributed by atoms with Crippen LogP contribution in [-0.4, -0.2) is 5.11 Å². The molecular weight excluding hydrogens is 287 g/mol. The molecule has 0 fully saturated rings. The van der Waals surface area contributed by atoms with Gasteiger partial charge in [0.2, 0.25) is 0 Å². The van der Waals surface area contributed by atoms with Crippen LogP contribution in [0.1, 0.15) is 30.5 Å². The first-order chi connectivity index (χ1) is 7.29. The largest absolute Gasteiger partial charge is 0.506 e. The molecular formula is C10H11BrF3NO. The number of halogens is 4. The number of phenols is 1. The van der Waals surface area contributed by atoms with Crippen molar-refractivity contribution >= 4 is 15.9 Å². The molecule has 1 atom stereocenters. The SMILES string of the molecule is CC[C@H](N)c1c(C(F)(F)F)ccc(Br)c1O. The second-order valence-electron chi connectivity index (χ2n) is 3.37. The summed E-state index contributed by atoms with van der Waals surface area (Å²) in [6.07, 6.45) is -4.20. The predicted molar refractivity (Wildman–Crippen MR) is 58.0 cm³/mol. The fraction of sp³-hybridized carbons (Fsp3) is 0.400. The van der Waals surface area contributed by atoms with Crippen LogP contribution >= 0.6 is 15.9 Å². The van der Waals surface area contributed by atoms with Gasteiger partial charge in [0, 0.05) is 11.6 Å². The van der Waals surface area contributed by atoms with E-state index in [-0.39, 0.29) is 10.0 Å². The standard InChI is InChI=1S/C10H11BrF3NO/c1-2-7(15)8-5(10(12,13)14)3-4-6(11)9(8)16/h3-4,7,16H,2,15H2,1H3/t7-/m0/s1. The zero-order valence-electron chi connectivity index (χ0n) is 8.48. The number of aromatic hydroxyl groups is 1. The topological polar surface area (TPSA) is 46.2 Å². The zero-order valence-corrected chi connectivity index (χ0v) is 10.1. The highest BCUT2D eigenvalue weighted by Crippen LogP contribution is 2.42. The van der Waals surface area contributed by atoms with Crippen molar-refractivity contribution in [2.75, 3.05) is 0 Å². The van der Waals surface area contributed by atoms with E-state index in [0.717, 1.165) is 12.1 Å². The second kappa shape index (κ2) is 4.63. The number of rotatable bonds is 2. The lowest BCUT2D eigenvalue weighted by Gasteiger charge is -2.19. The number of phenolic OH excluding ortho intramolecular Hbond substituents is 1. The maximum atomic E-state index is 12.7. The van der Waals surface area contributed by atoms with Crippen molar-refractivity contribution in [2.45, 2.75) is 25.6 Å². The monoisotopic (exact) mass is 297 g/mol. The Hall–Kier alpha value is -0.750.